The van der Waals surface area contributed by atoms with E-state index >= 15 is 0 Å². The number of thiophene rings is 1. The molecule has 2 heterocycles. The second-order valence-corrected chi connectivity index (χ2v) is 7.75. The van der Waals surface area contributed by atoms with Crippen molar-refractivity contribution >= 4 is 22.9 Å². The Bertz CT molecular complexity index is 922. The normalized spacial score (nSPS) is 13.8. The van der Waals surface area contributed by atoms with Crippen molar-refractivity contribution in [2.75, 3.05) is 24.6 Å². The summed E-state index contributed by atoms with van der Waals surface area (Å²) in [6, 6.07) is 20.2. The number of nitrogens with one attached hydrogen (secondary N) is 1. The molecule has 3 aromatic rings. The summed E-state index contributed by atoms with van der Waals surface area (Å²) in [7, 11) is 0. The molecule has 1 N–H and O–H groups in total. The van der Waals surface area contributed by atoms with Crippen molar-refractivity contribution in [3.05, 3.63) is 82.0 Å². The first-order chi connectivity index (χ1) is 13.8. The zero-order valence-electron chi connectivity index (χ0n) is 15.9. The molecule has 1 amide bonds. The van der Waals surface area contributed by atoms with Gasteiger partial charge in [0.15, 0.2) is 0 Å². The lowest BCUT2D eigenvalue weighted by Gasteiger charge is -2.30. The monoisotopic (exact) mass is 392 g/mol. The van der Waals surface area contributed by atoms with Crippen LogP contribution in [0.4, 0.5) is 5.69 Å². The molecule has 1 atom stereocenters. The van der Waals surface area contributed by atoms with E-state index in [0.29, 0.717) is 18.7 Å². The molecule has 0 aliphatic carbocycles. The minimum atomic E-state index is -0.0583. The lowest BCUT2D eigenvalue weighted by molar-refractivity contribution is 0.0951. The van der Waals surface area contributed by atoms with Crippen molar-refractivity contribution in [1.29, 1.82) is 0 Å². The number of benzene rings is 2. The molecule has 4 rings (SSSR count). The number of nitrogens with zero attached hydrogens (tertiary/aromatic N) is 1. The van der Waals surface area contributed by atoms with Crippen LogP contribution in [0.15, 0.2) is 66.0 Å². The van der Waals surface area contributed by atoms with Crippen LogP contribution in [0.3, 0.4) is 0 Å². The summed E-state index contributed by atoms with van der Waals surface area (Å²) in [6.07, 6.45) is 1.05. The van der Waals surface area contributed by atoms with Crippen LogP contribution in [0, 0.1) is 0 Å². The van der Waals surface area contributed by atoms with Gasteiger partial charge in [-0.25, -0.2) is 0 Å². The van der Waals surface area contributed by atoms with E-state index < -0.39 is 0 Å². The fraction of sp³-hybridized carbons (Fsp3) is 0.261. The highest BCUT2D eigenvalue weighted by Gasteiger charge is 2.28. The molecule has 0 saturated heterocycles. The van der Waals surface area contributed by atoms with Gasteiger partial charge in [-0.05, 0) is 60.7 Å². The van der Waals surface area contributed by atoms with Crippen molar-refractivity contribution in [1.82, 2.24) is 5.32 Å². The fourth-order valence-electron chi connectivity index (χ4n) is 3.69. The number of ether oxygens (including phenoxy) is 1. The van der Waals surface area contributed by atoms with Crippen LogP contribution in [0.1, 0.15) is 33.8 Å². The van der Waals surface area contributed by atoms with E-state index in [-0.39, 0.29) is 11.9 Å². The molecule has 4 nitrogen and oxygen atoms in total. The number of para-hydroxylation sites is 1. The molecule has 5 heteroatoms. The summed E-state index contributed by atoms with van der Waals surface area (Å²) >= 11 is 1.74. The minimum Gasteiger partial charge on any atom is -0.494 e. The Labute approximate surface area is 169 Å². The molecule has 28 heavy (non-hydrogen) atoms. The topological polar surface area (TPSA) is 41.6 Å². The Hall–Kier alpha value is -2.79. The average molecular weight is 393 g/mol. The SMILES string of the molecule is CCOc1ccc(C(=O)NC[C@H](c2cccs2)N2CCc3ccccc32)cc1. The minimum absolute atomic E-state index is 0.0583. The van der Waals surface area contributed by atoms with Gasteiger partial charge in [0.2, 0.25) is 0 Å². The molecule has 1 aromatic heterocycles. The predicted molar refractivity (Wildman–Crippen MR) is 114 cm³/mol. The fourth-order valence-corrected chi connectivity index (χ4v) is 4.53. The van der Waals surface area contributed by atoms with Crippen LogP contribution in [0.25, 0.3) is 0 Å². The van der Waals surface area contributed by atoms with Gasteiger partial charge in [0.1, 0.15) is 5.75 Å². The van der Waals surface area contributed by atoms with Gasteiger partial charge in [0.05, 0.1) is 12.6 Å². The van der Waals surface area contributed by atoms with Crippen LogP contribution >= 0.6 is 11.3 Å². The Morgan fingerprint density at radius 1 is 1.14 bits per heavy atom. The predicted octanol–water partition coefficient (Wildman–Crippen LogP) is 4.68. The van der Waals surface area contributed by atoms with E-state index in [9.17, 15) is 4.79 Å². The molecular weight excluding hydrogens is 368 g/mol. The molecule has 0 fully saturated rings. The Balaban J connectivity index is 1.49. The van der Waals surface area contributed by atoms with Gasteiger partial charge in [-0.1, -0.05) is 24.3 Å². The van der Waals surface area contributed by atoms with Crippen LogP contribution in [0.5, 0.6) is 5.75 Å². The highest BCUT2D eigenvalue weighted by Crippen LogP contribution is 2.36. The number of rotatable bonds is 7. The number of hydrogen-bond acceptors (Lipinski definition) is 4. The third-order valence-corrected chi connectivity index (χ3v) is 6.03. The van der Waals surface area contributed by atoms with E-state index in [1.54, 1.807) is 11.3 Å². The lowest BCUT2D eigenvalue weighted by Crippen LogP contribution is -2.37. The second-order valence-electron chi connectivity index (χ2n) is 6.77. The maximum Gasteiger partial charge on any atom is 0.251 e. The summed E-state index contributed by atoms with van der Waals surface area (Å²) in [5.74, 6) is 0.723. The smallest absolute Gasteiger partial charge is 0.251 e. The molecule has 0 spiro atoms. The van der Waals surface area contributed by atoms with Gasteiger partial charge in [-0.2, -0.15) is 0 Å². The molecule has 0 bridgehead atoms. The standard InChI is InChI=1S/C23H24N2O2S/c1-2-27-19-11-9-18(10-12-19)23(26)24-16-21(22-8-5-15-28-22)25-14-13-17-6-3-4-7-20(17)25/h3-12,15,21H,2,13-14,16H2,1H3,(H,24,26)/t21-/m1/s1. The van der Waals surface area contributed by atoms with Gasteiger partial charge in [-0.15, -0.1) is 11.3 Å². The molecule has 2 aromatic carbocycles. The molecule has 0 unspecified atom stereocenters. The quantitative estimate of drug-likeness (QED) is 0.635. The number of fused-ring (bicyclic) bond motifs is 1. The third kappa shape index (κ3) is 3.90. The van der Waals surface area contributed by atoms with Crippen LogP contribution in [0.2, 0.25) is 0 Å². The van der Waals surface area contributed by atoms with Crippen LogP contribution in [-0.2, 0) is 6.42 Å². The first-order valence-electron chi connectivity index (χ1n) is 9.65. The van der Waals surface area contributed by atoms with E-state index in [1.165, 1.54) is 16.1 Å². The first-order valence-corrected chi connectivity index (χ1v) is 10.5. The van der Waals surface area contributed by atoms with E-state index in [2.05, 4.69) is 52.0 Å². The average Bonchev–Trinajstić information content (AvgIpc) is 3.40. The third-order valence-electron chi connectivity index (χ3n) is 5.05. The van der Waals surface area contributed by atoms with Gasteiger partial charge in [0, 0.05) is 29.2 Å². The van der Waals surface area contributed by atoms with Gasteiger partial charge in [0.25, 0.3) is 5.91 Å². The maximum atomic E-state index is 12.7. The number of carbonyl (C=O) groups is 1. The van der Waals surface area contributed by atoms with Crippen LogP contribution < -0.4 is 15.0 Å². The first kappa shape index (κ1) is 18.6. The second kappa shape index (κ2) is 8.48. The summed E-state index contributed by atoms with van der Waals surface area (Å²) in [6.45, 7) is 4.11. The Morgan fingerprint density at radius 2 is 1.96 bits per heavy atom. The molecular formula is C23H24N2O2S. The zero-order valence-corrected chi connectivity index (χ0v) is 16.7. The summed E-state index contributed by atoms with van der Waals surface area (Å²) in [4.78, 5) is 16.4. The Morgan fingerprint density at radius 3 is 2.71 bits per heavy atom. The molecule has 1 aliphatic rings. The van der Waals surface area contributed by atoms with Crippen molar-refractivity contribution in [3.63, 3.8) is 0 Å². The summed E-state index contributed by atoms with van der Waals surface area (Å²) in [5.41, 5.74) is 3.30. The largest absolute Gasteiger partial charge is 0.494 e. The number of hydrogen-bond donors (Lipinski definition) is 1. The van der Waals surface area contributed by atoms with Crippen molar-refractivity contribution in [3.8, 4) is 5.75 Å². The maximum absolute atomic E-state index is 12.7. The lowest BCUT2D eigenvalue weighted by atomic mass is 10.1. The van der Waals surface area contributed by atoms with Crippen LogP contribution in [-0.4, -0.2) is 25.6 Å². The van der Waals surface area contributed by atoms with Gasteiger partial charge < -0.3 is 15.0 Å². The molecule has 1 aliphatic heterocycles. The van der Waals surface area contributed by atoms with E-state index in [0.717, 1.165) is 18.7 Å². The summed E-state index contributed by atoms with van der Waals surface area (Å²) in [5, 5.41) is 5.23. The van der Waals surface area contributed by atoms with E-state index in [4.69, 9.17) is 4.74 Å². The van der Waals surface area contributed by atoms with Gasteiger partial charge >= 0.3 is 0 Å². The van der Waals surface area contributed by atoms with Crippen molar-refractivity contribution < 1.29 is 9.53 Å². The van der Waals surface area contributed by atoms with Crippen molar-refractivity contribution in [2.24, 2.45) is 0 Å². The number of amides is 1. The highest BCUT2D eigenvalue weighted by atomic mass is 32.1. The van der Waals surface area contributed by atoms with Gasteiger partial charge in [-0.3, -0.25) is 4.79 Å². The highest BCUT2D eigenvalue weighted by molar-refractivity contribution is 7.10. The number of carbonyl (C=O) groups excluding carboxylic acids is 1. The number of anilines is 1. The van der Waals surface area contributed by atoms with E-state index in [1.807, 2.05) is 31.2 Å². The Kier molecular flexibility index (Phi) is 5.63. The zero-order chi connectivity index (χ0) is 19.3. The van der Waals surface area contributed by atoms with Crippen molar-refractivity contribution in [2.45, 2.75) is 19.4 Å². The molecule has 0 radical (unpaired) electrons. The summed E-state index contributed by atoms with van der Waals surface area (Å²) < 4.78 is 5.45. The molecule has 144 valence electrons. The molecule has 0 saturated carbocycles.